The van der Waals surface area contributed by atoms with E-state index in [0.717, 1.165) is 44.0 Å². The lowest BCUT2D eigenvalue weighted by Gasteiger charge is -2.21. The van der Waals surface area contributed by atoms with Gasteiger partial charge in [-0.1, -0.05) is 11.6 Å². The lowest BCUT2D eigenvalue weighted by Crippen LogP contribution is -2.47. The van der Waals surface area contributed by atoms with Gasteiger partial charge in [0.15, 0.2) is 5.96 Å². The summed E-state index contributed by atoms with van der Waals surface area (Å²) in [6.45, 7) is 3.50. The van der Waals surface area contributed by atoms with Gasteiger partial charge in [-0.15, -0.1) is 0 Å². The van der Waals surface area contributed by atoms with Gasteiger partial charge in [0.2, 0.25) is 5.91 Å². The van der Waals surface area contributed by atoms with Gasteiger partial charge < -0.3 is 25.2 Å². The smallest absolute Gasteiger partial charge is 0.243 e. The summed E-state index contributed by atoms with van der Waals surface area (Å²) in [5.41, 5.74) is 1.17. The molecule has 0 saturated carbocycles. The third-order valence-corrected chi connectivity index (χ3v) is 5.37. The van der Waals surface area contributed by atoms with Gasteiger partial charge in [-0.3, -0.25) is 4.79 Å². The molecular weight excluding hydrogens is 378 g/mol. The second-order valence-corrected chi connectivity index (χ2v) is 7.96. The van der Waals surface area contributed by atoms with Crippen LogP contribution in [0.15, 0.2) is 29.3 Å². The van der Waals surface area contributed by atoms with E-state index in [2.05, 4.69) is 20.5 Å². The van der Waals surface area contributed by atoms with E-state index >= 15 is 0 Å². The third-order valence-electron chi connectivity index (χ3n) is 5.11. The molecule has 2 saturated heterocycles. The van der Waals surface area contributed by atoms with E-state index in [9.17, 15) is 4.79 Å². The van der Waals surface area contributed by atoms with Crippen LogP contribution in [0.4, 0.5) is 5.69 Å². The molecule has 7 nitrogen and oxygen atoms in total. The van der Waals surface area contributed by atoms with Crippen LogP contribution in [0.1, 0.15) is 19.3 Å². The third kappa shape index (κ3) is 6.01. The van der Waals surface area contributed by atoms with E-state index in [1.165, 1.54) is 5.69 Å². The number of anilines is 1. The van der Waals surface area contributed by atoms with Crippen molar-refractivity contribution in [2.75, 3.05) is 51.8 Å². The molecule has 2 unspecified atom stereocenters. The monoisotopic (exact) mass is 407 g/mol. The summed E-state index contributed by atoms with van der Waals surface area (Å²) < 4.78 is 5.68. The highest BCUT2D eigenvalue weighted by atomic mass is 35.5. The fourth-order valence-electron chi connectivity index (χ4n) is 3.41. The molecule has 0 radical (unpaired) electrons. The summed E-state index contributed by atoms with van der Waals surface area (Å²) in [4.78, 5) is 20.3. The van der Waals surface area contributed by atoms with Crippen molar-refractivity contribution in [3.05, 3.63) is 29.3 Å². The van der Waals surface area contributed by atoms with Crippen LogP contribution in [0.2, 0.25) is 5.02 Å². The van der Waals surface area contributed by atoms with Crippen molar-refractivity contribution in [1.82, 2.24) is 15.5 Å². The van der Waals surface area contributed by atoms with Crippen LogP contribution in [0.25, 0.3) is 0 Å². The van der Waals surface area contributed by atoms with Gasteiger partial charge in [-0.25, -0.2) is 4.99 Å². The predicted molar refractivity (Wildman–Crippen MR) is 113 cm³/mol. The van der Waals surface area contributed by atoms with Crippen molar-refractivity contribution in [2.45, 2.75) is 31.4 Å². The van der Waals surface area contributed by atoms with E-state index in [-0.39, 0.29) is 24.6 Å². The molecule has 2 heterocycles. The van der Waals surface area contributed by atoms with Crippen LogP contribution < -0.4 is 15.5 Å². The van der Waals surface area contributed by atoms with Gasteiger partial charge in [-0.05, 0) is 43.5 Å². The Morgan fingerprint density at radius 2 is 2.11 bits per heavy atom. The molecule has 0 aromatic heterocycles. The van der Waals surface area contributed by atoms with Crippen LogP contribution in [-0.4, -0.2) is 75.8 Å². The van der Waals surface area contributed by atoms with E-state index in [1.54, 1.807) is 19.0 Å². The zero-order valence-corrected chi connectivity index (χ0v) is 17.4. The Balaban J connectivity index is 1.57. The van der Waals surface area contributed by atoms with Gasteiger partial charge in [-0.2, -0.15) is 0 Å². The number of amides is 1. The van der Waals surface area contributed by atoms with Crippen LogP contribution in [0, 0.1) is 0 Å². The minimum Gasteiger partial charge on any atom is -0.376 e. The number of rotatable bonds is 6. The molecule has 0 bridgehead atoms. The molecular formula is C20H30ClN5O2. The molecule has 1 aromatic carbocycles. The fourth-order valence-corrected chi connectivity index (χ4v) is 3.54. The maximum absolute atomic E-state index is 11.9. The average Bonchev–Trinajstić information content (AvgIpc) is 3.36. The number of nitrogens with zero attached hydrogens (tertiary/aromatic N) is 3. The normalized spacial score (nSPS) is 22.4. The molecule has 2 aliphatic heterocycles. The van der Waals surface area contributed by atoms with Gasteiger partial charge in [0, 0.05) is 57.1 Å². The zero-order chi connectivity index (χ0) is 19.9. The van der Waals surface area contributed by atoms with E-state index < -0.39 is 0 Å². The number of carbonyl (C=O) groups excluding carboxylic acids is 1. The second-order valence-electron chi connectivity index (χ2n) is 7.52. The highest BCUT2D eigenvalue weighted by Crippen LogP contribution is 2.22. The topological polar surface area (TPSA) is 69.2 Å². The zero-order valence-electron chi connectivity index (χ0n) is 16.7. The summed E-state index contributed by atoms with van der Waals surface area (Å²) in [5, 5.41) is 7.59. The van der Waals surface area contributed by atoms with Gasteiger partial charge in [0.05, 0.1) is 6.10 Å². The van der Waals surface area contributed by atoms with E-state index in [1.807, 2.05) is 24.3 Å². The van der Waals surface area contributed by atoms with Crippen LogP contribution in [0.3, 0.4) is 0 Å². The molecule has 2 atom stereocenters. The minimum atomic E-state index is -0.0209. The number of guanidine groups is 1. The Kier molecular flexibility index (Phi) is 7.39. The Morgan fingerprint density at radius 3 is 2.79 bits per heavy atom. The van der Waals surface area contributed by atoms with Gasteiger partial charge >= 0.3 is 0 Å². The molecule has 3 rings (SSSR count). The van der Waals surface area contributed by atoms with E-state index in [4.69, 9.17) is 16.3 Å². The largest absolute Gasteiger partial charge is 0.376 e. The first-order chi connectivity index (χ1) is 13.5. The number of likely N-dealkylation sites (N-methyl/N-ethyl adjacent to an activating group) is 1. The van der Waals surface area contributed by atoms with Crippen LogP contribution >= 0.6 is 11.6 Å². The number of hydrogen-bond acceptors (Lipinski definition) is 4. The molecule has 2 fully saturated rings. The van der Waals surface area contributed by atoms with Crippen molar-refractivity contribution < 1.29 is 9.53 Å². The number of carbonyl (C=O) groups is 1. The number of hydrogen-bond donors (Lipinski definition) is 2. The molecule has 28 heavy (non-hydrogen) atoms. The maximum atomic E-state index is 11.9. The minimum absolute atomic E-state index is 0.0209. The number of nitrogens with one attached hydrogen (secondary N) is 2. The Morgan fingerprint density at radius 1 is 1.32 bits per heavy atom. The fraction of sp³-hybridized carbons (Fsp3) is 0.600. The highest BCUT2D eigenvalue weighted by Gasteiger charge is 2.24. The van der Waals surface area contributed by atoms with Crippen molar-refractivity contribution in [1.29, 1.82) is 0 Å². The SMILES string of the molecule is CN(C)C(=O)CN=C(NCC1CCCO1)NC1CCN(c2ccc(Cl)cc2)C1. The molecule has 154 valence electrons. The molecule has 2 aliphatic rings. The Labute approximate surface area is 172 Å². The van der Waals surface area contributed by atoms with Crippen molar-refractivity contribution in [3.8, 4) is 0 Å². The molecule has 0 spiro atoms. The number of aliphatic imine (C=N–C) groups is 1. The van der Waals surface area contributed by atoms with Crippen molar-refractivity contribution in [3.63, 3.8) is 0 Å². The quantitative estimate of drug-likeness (QED) is 0.555. The number of halogens is 1. The molecule has 1 aromatic rings. The first-order valence-electron chi connectivity index (χ1n) is 9.88. The molecule has 1 amide bonds. The van der Waals surface area contributed by atoms with E-state index in [0.29, 0.717) is 12.5 Å². The van der Waals surface area contributed by atoms with Gasteiger partial charge in [0.1, 0.15) is 6.54 Å². The molecule has 2 N–H and O–H groups in total. The summed E-state index contributed by atoms with van der Waals surface area (Å²) >= 11 is 5.99. The van der Waals surface area contributed by atoms with Crippen molar-refractivity contribution in [2.24, 2.45) is 4.99 Å². The lowest BCUT2D eigenvalue weighted by atomic mass is 10.2. The number of benzene rings is 1. The number of ether oxygens (including phenoxy) is 1. The summed E-state index contributed by atoms with van der Waals surface area (Å²) in [6, 6.07) is 8.19. The summed E-state index contributed by atoms with van der Waals surface area (Å²) in [5.74, 6) is 0.654. The Bertz CT molecular complexity index is 674. The lowest BCUT2D eigenvalue weighted by molar-refractivity contribution is -0.127. The highest BCUT2D eigenvalue weighted by molar-refractivity contribution is 6.30. The average molecular weight is 408 g/mol. The first-order valence-corrected chi connectivity index (χ1v) is 10.3. The first kappa shape index (κ1) is 20.7. The standard InChI is InChI=1S/C20H30ClN5O2/c1-25(2)19(27)13-23-20(22-12-18-4-3-11-28-18)24-16-9-10-26(14-16)17-7-5-15(21)6-8-17/h5-8,16,18H,3-4,9-14H2,1-2H3,(H2,22,23,24). The van der Waals surface area contributed by atoms with Crippen molar-refractivity contribution >= 4 is 29.2 Å². The maximum Gasteiger partial charge on any atom is 0.243 e. The second kappa shape index (κ2) is 9.98. The van der Waals surface area contributed by atoms with Gasteiger partial charge in [0.25, 0.3) is 0 Å². The van der Waals surface area contributed by atoms with Crippen LogP contribution in [-0.2, 0) is 9.53 Å². The summed E-state index contributed by atoms with van der Waals surface area (Å²) in [7, 11) is 3.48. The Hall–Kier alpha value is -1.99. The predicted octanol–water partition coefficient (Wildman–Crippen LogP) is 1.72. The summed E-state index contributed by atoms with van der Waals surface area (Å²) in [6.07, 6.45) is 3.38. The molecule has 0 aliphatic carbocycles. The van der Waals surface area contributed by atoms with Crippen LogP contribution in [0.5, 0.6) is 0 Å². The molecule has 8 heteroatoms.